The van der Waals surface area contributed by atoms with E-state index in [0.717, 1.165) is 11.1 Å². The Morgan fingerprint density at radius 1 is 0.925 bits per heavy atom. The summed E-state index contributed by atoms with van der Waals surface area (Å²) in [6.07, 6.45) is -5.39. The third kappa shape index (κ3) is 9.57. The summed E-state index contributed by atoms with van der Waals surface area (Å²) in [5.74, 6) is -2.97. The van der Waals surface area contributed by atoms with Crippen molar-refractivity contribution < 1.29 is 57.2 Å². The van der Waals surface area contributed by atoms with Gasteiger partial charge in [0.2, 0.25) is 31.4 Å². The molecule has 1 aromatic rings. The van der Waals surface area contributed by atoms with Gasteiger partial charge in [-0.2, -0.15) is 4.89 Å². The Kier molecular flexibility index (Phi) is 11.4. The van der Waals surface area contributed by atoms with Crippen LogP contribution >= 0.6 is 7.94 Å². The number of hydrogen-bond donors (Lipinski definition) is 2. The van der Waals surface area contributed by atoms with Crippen molar-refractivity contribution in [2.24, 2.45) is 10.8 Å². The number of carbonyl (C=O) groups is 4. The quantitative estimate of drug-likeness (QED) is 0.168. The number of hydrogen-bond acceptors (Lipinski definition) is 12. The summed E-state index contributed by atoms with van der Waals surface area (Å²) in [7, 11) is -3.92. The van der Waals surface area contributed by atoms with Crippen molar-refractivity contribution in [2.45, 2.75) is 80.3 Å². The van der Waals surface area contributed by atoms with Gasteiger partial charge in [-0.3, -0.25) is 19.2 Å². The Morgan fingerprint density at radius 3 is 1.93 bits per heavy atom. The molecule has 0 saturated carbocycles. The average Bonchev–Trinajstić information content (AvgIpc) is 2.83. The molecule has 3 atom stereocenters. The third-order valence-corrected chi connectivity index (χ3v) is 7.56. The van der Waals surface area contributed by atoms with Crippen molar-refractivity contribution in [1.29, 1.82) is 0 Å². The number of benzene rings is 1. The number of aliphatic hydroxyl groups is 1. The van der Waals surface area contributed by atoms with Crippen LogP contribution in [-0.4, -0.2) is 71.8 Å². The smallest absolute Gasteiger partial charge is 0.415 e. The second-order valence-electron chi connectivity index (χ2n) is 11.6. The van der Waals surface area contributed by atoms with Crippen LogP contribution in [0.2, 0.25) is 0 Å². The molecule has 12 nitrogen and oxygen atoms in total. The second-order valence-corrected chi connectivity index (χ2v) is 13.8. The summed E-state index contributed by atoms with van der Waals surface area (Å²) in [6.45, 7) is 12.1. The van der Waals surface area contributed by atoms with Gasteiger partial charge in [0, 0.05) is 6.42 Å². The van der Waals surface area contributed by atoms with Crippen LogP contribution in [0.4, 0.5) is 0 Å². The molecule has 1 fully saturated rings. The first-order chi connectivity index (χ1) is 18.3. The summed E-state index contributed by atoms with van der Waals surface area (Å²) in [4.78, 5) is 60.4. The molecule has 13 heteroatoms. The molecule has 1 aliphatic heterocycles. The summed E-state index contributed by atoms with van der Waals surface area (Å²) in [5.41, 5.74) is 0.0338. The minimum atomic E-state index is -3.92. The van der Waals surface area contributed by atoms with Crippen LogP contribution in [0.25, 0.3) is 0 Å². The van der Waals surface area contributed by atoms with Crippen LogP contribution in [0, 0.1) is 24.7 Å². The van der Waals surface area contributed by atoms with Gasteiger partial charge >= 0.3 is 19.9 Å². The molecule has 0 radical (unpaired) electrons. The monoisotopic (exact) mass is 587 g/mol. The van der Waals surface area contributed by atoms with Crippen molar-refractivity contribution in [1.82, 2.24) is 0 Å². The van der Waals surface area contributed by atoms with E-state index in [4.69, 9.17) is 28.0 Å². The highest BCUT2D eigenvalue weighted by Gasteiger charge is 2.49. The first-order valence-corrected chi connectivity index (χ1v) is 14.5. The fourth-order valence-corrected chi connectivity index (χ4v) is 4.61. The first kappa shape index (κ1) is 33.7. The third-order valence-electron chi connectivity index (χ3n) is 5.72. The van der Waals surface area contributed by atoms with Crippen LogP contribution in [-0.2, 0) is 42.4 Å². The van der Waals surface area contributed by atoms with E-state index in [9.17, 15) is 29.2 Å². The molecule has 40 heavy (non-hydrogen) atoms. The van der Waals surface area contributed by atoms with Crippen molar-refractivity contribution in [3.8, 4) is 5.75 Å². The van der Waals surface area contributed by atoms with Crippen LogP contribution in [0.1, 0.15) is 59.1 Å². The summed E-state index contributed by atoms with van der Waals surface area (Å²) in [6, 6.07) is 5.27. The predicted octanol–water partition coefficient (Wildman–Crippen LogP) is 3.18. The zero-order valence-electron chi connectivity index (χ0n) is 24.2. The highest BCUT2D eigenvalue weighted by atomic mass is 31.2. The first-order valence-electron chi connectivity index (χ1n) is 12.7. The van der Waals surface area contributed by atoms with E-state index in [1.54, 1.807) is 60.6 Å². The maximum Gasteiger partial charge on any atom is 0.415 e. The molecular formula is C27H40O12P+. The van der Waals surface area contributed by atoms with Gasteiger partial charge in [-0.15, -0.1) is 9.05 Å². The van der Waals surface area contributed by atoms with Gasteiger partial charge in [-0.1, -0.05) is 17.7 Å². The predicted molar refractivity (Wildman–Crippen MR) is 143 cm³/mol. The molecule has 2 N–H and O–H groups in total. The van der Waals surface area contributed by atoms with Gasteiger partial charge in [0.25, 0.3) is 0 Å². The number of aliphatic hydroxyl groups excluding tert-OH is 1. The molecule has 0 aromatic heterocycles. The Morgan fingerprint density at radius 2 is 1.45 bits per heavy atom. The lowest BCUT2D eigenvalue weighted by Crippen LogP contribution is -2.54. The normalized spacial score (nSPS) is 20.3. The summed E-state index contributed by atoms with van der Waals surface area (Å²) >= 11 is 0. The molecule has 0 spiro atoms. The van der Waals surface area contributed by atoms with Crippen LogP contribution in [0.15, 0.2) is 18.2 Å². The van der Waals surface area contributed by atoms with Gasteiger partial charge in [0.15, 0.2) is 6.10 Å². The van der Waals surface area contributed by atoms with Gasteiger partial charge in [-0.05, 0) is 67.0 Å². The molecule has 1 heterocycles. The lowest BCUT2D eigenvalue weighted by molar-refractivity contribution is -0.201. The summed E-state index contributed by atoms with van der Waals surface area (Å²) in [5, 5.41) is 10.3. The fraction of sp³-hybridized carbons (Fsp3) is 0.630. The van der Waals surface area contributed by atoms with E-state index < -0.39 is 74.4 Å². The Labute approximate surface area is 234 Å². The maximum absolute atomic E-state index is 12.6. The second kappa shape index (κ2) is 13.5. The van der Waals surface area contributed by atoms with E-state index in [-0.39, 0.29) is 12.6 Å². The maximum atomic E-state index is 12.6. The zero-order chi connectivity index (χ0) is 30.5. The van der Waals surface area contributed by atoms with Crippen molar-refractivity contribution in [3.05, 3.63) is 29.3 Å². The topological polar surface area (TPSA) is 164 Å². The minimum absolute atomic E-state index is 0.283. The number of ketones is 2. The molecule has 1 aromatic carbocycles. The van der Waals surface area contributed by atoms with Crippen LogP contribution in [0.5, 0.6) is 5.75 Å². The van der Waals surface area contributed by atoms with Gasteiger partial charge in [0.1, 0.15) is 18.0 Å². The highest BCUT2D eigenvalue weighted by molar-refractivity contribution is 7.60. The number of ether oxygens (including phenoxy) is 4. The minimum Gasteiger partial charge on any atom is -0.461 e. The number of esters is 2. The molecule has 224 valence electrons. The molecule has 1 aliphatic rings. The largest absolute Gasteiger partial charge is 0.461 e. The Balaban J connectivity index is 2.13. The van der Waals surface area contributed by atoms with E-state index in [0.29, 0.717) is 5.75 Å². The SMILES string of the molecule is Cc1ccc(O[C@H]2O[C@H](CC[P+](O)(OCOC(=O)C(C)(C)C)OCOC(=O)C(C)(C)C)C(=O)C(=O)[C@@H]2O)c(C)c1. The lowest BCUT2D eigenvalue weighted by atomic mass is 9.98. The van der Waals surface area contributed by atoms with E-state index >= 15 is 0 Å². The molecular weight excluding hydrogens is 547 g/mol. The number of Topliss-reactive ketones (excluding diaryl/α,β-unsaturated/α-hetero) is 2. The van der Waals surface area contributed by atoms with Gasteiger partial charge in [0.05, 0.1) is 10.8 Å². The van der Waals surface area contributed by atoms with E-state index in [1.165, 1.54) is 0 Å². The van der Waals surface area contributed by atoms with Crippen molar-refractivity contribution in [3.63, 3.8) is 0 Å². The number of aryl methyl sites for hydroxylation is 2. The van der Waals surface area contributed by atoms with Crippen LogP contribution in [0.3, 0.4) is 0 Å². The van der Waals surface area contributed by atoms with Crippen molar-refractivity contribution >= 4 is 31.4 Å². The van der Waals surface area contributed by atoms with E-state index in [2.05, 4.69) is 0 Å². The highest BCUT2D eigenvalue weighted by Crippen LogP contribution is 2.57. The van der Waals surface area contributed by atoms with Crippen molar-refractivity contribution in [2.75, 3.05) is 19.7 Å². The van der Waals surface area contributed by atoms with Gasteiger partial charge in [-0.25, -0.2) is 0 Å². The molecule has 0 aliphatic carbocycles. The Bertz CT molecular complexity index is 1060. The fourth-order valence-electron chi connectivity index (χ4n) is 3.28. The summed E-state index contributed by atoms with van der Waals surface area (Å²) < 4.78 is 32.1. The van der Waals surface area contributed by atoms with E-state index in [1.807, 2.05) is 13.0 Å². The molecule has 1 saturated heterocycles. The Hall–Kier alpha value is -2.47. The zero-order valence-corrected chi connectivity index (χ0v) is 25.1. The molecule has 0 amide bonds. The molecule has 0 bridgehead atoms. The molecule has 2 rings (SSSR count). The standard InChI is InChI=1S/C27H40O12P/c1-16-9-10-18(17(2)13-16)38-23-22(30)21(29)20(28)19(39-23)11-12-40(33,36-14-34-24(31)26(3,4)5)37-15-35-25(32)27(6,7)8/h9-10,13,19,22-23,30,33H,11-12,14-15H2,1-8H3/q+1/t19-,22+,23+/m1/s1. The number of carbonyl (C=O) groups excluding carboxylic acids is 4. The number of rotatable bonds is 11. The van der Waals surface area contributed by atoms with Crippen LogP contribution < -0.4 is 4.74 Å². The van der Waals surface area contributed by atoms with Gasteiger partial charge < -0.3 is 24.1 Å². The molecule has 0 unspecified atom stereocenters. The average molecular weight is 588 g/mol. The lowest BCUT2D eigenvalue weighted by Gasteiger charge is -2.32.